The molecule has 0 saturated carbocycles. The Labute approximate surface area is 133 Å². The smallest absolute Gasteiger partial charge is 0.217 e. The number of aromatic nitrogens is 1. The molecule has 1 saturated heterocycles. The molecule has 1 aliphatic rings. The number of rotatable bonds is 2. The van der Waals surface area contributed by atoms with E-state index >= 15 is 0 Å². The summed E-state index contributed by atoms with van der Waals surface area (Å²) in [7, 11) is 0. The molecular weight excluding hydrogens is 272 g/mol. The summed E-state index contributed by atoms with van der Waals surface area (Å²) in [5, 5.41) is 11.8. The van der Waals surface area contributed by atoms with Gasteiger partial charge in [-0.1, -0.05) is 6.07 Å². The van der Waals surface area contributed by atoms with E-state index in [1.807, 2.05) is 6.07 Å². The fourth-order valence-electron chi connectivity index (χ4n) is 3.74. The van der Waals surface area contributed by atoms with Crippen LogP contribution in [0.3, 0.4) is 0 Å². The van der Waals surface area contributed by atoms with E-state index in [9.17, 15) is 5.11 Å². The Hall–Kier alpha value is -1.61. The maximum absolute atomic E-state index is 10.8. The SMILES string of the molecule is Cc1ccc2c(O)c(C[NH+]3CCCCC3C)c(C)[nH+]c2c1C. The third kappa shape index (κ3) is 2.58. The minimum absolute atomic E-state index is 0.472. The molecule has 2 atom stereocenters. The first kappa shape index (κ1) is 15.3. The zero-order chi connectivity index (χ0) is 15.9. The van der Waals surface area contributed by atoms with Crippen LogP contribution in [0, 0.1) is 20.8 Å². The predicted octanol–water partition coefficient (Wildman–Crippen LogP) is 2.24. The number of aryl methyl sites for hydroxylation is 3. The van der Waals surface area contributed by atoms with Crippen molar-refractivity contribution < 1.29 is 15.0 Å². The van der Waals surface area contributed by atoms with Crippen LogP contribution in [-0.4, -0.2) is 17.7 Å². The summed E-state index contributed by atoms with van der Waals surface area (Å²) in [5.41, 5.74) is 5.73. The van der Waals surface area contributed by atoms with Gasteiger partial charge in [0.15, 0.2) is 5.69 Å². The molecule has 3 rings (SSSR count). The summed E-state index contributed by atoms with van der Waals surface area (Å²) >= 11 is 0. The lowest BCUT2D eigenvalue weighted by molar-refractivity contribution is -0.942. The van der Waals surface area contributed by atoms with E-state index < -0.39 is 0 Å². The Morgan fingerprint density at radius 3 is 2.73 bits per heavy atom. The molecule has 22 heavy (non-hydrogen) atoms. The Bertz CT molecular complexity index is 708. The average molecular weight is 300 g/mol. The van der Waals surface area contributed by atoms with E-state index in [0.29, 0.717) is 11.8 Å². The van der Waals surface area contributed by atoms with Gasteiger partial charge in [0.25, 0.3) is 0 Å². The summed E-state index contributed by atoms with van der Waals surface area (Å²) in [4.78, 5) is 5.14. The first-order valence-corrected chi connectivity index (χ1v) is 8.47. The summed E-state index contributed by atoms with van der Waals surface area (Å²) in [6.07, 6.45) is 3.94. The van der Waals surface area contributed by atoms with Gasteiger partial charge in [0.05, 0.1) is 18.0 Å². The molecule has 118 valence electrons. The number of H-pyrrole nitrogens is 1. The Morgan fingerprint density at radius 1 is 1.23 bits per heavy atom. The van der Waals surface area contributed by atoms with E-state index in [0.717, 1.165) is 28.7 Å². The van der Waals surface area contributed by atoms with E-state index in [2.05, 4.69) is 38.7 Å². The molecular formula is C19H28N2O+2. The van der Waals surface area contributed by atoms with Crippen molar-refractivity contribution in [3.63, 3.8) is 0 Å². The highest BCUT2D eigenvalue weighted by Gasteiger charge is 2.27. The van der Waals surface area contributed by atoms with Gasteiger partial charge in [0, 0.05) is 12.5 Å². The average Bonchev–Trinajstić information content (AvgIpc) is 2.49. The second-order valence-corrected chi connectivity index (χ2v) is 6.99. The summed E-state index contributed by atoms with van der Waals surface area (Å²) in [6.45, 7) is 10.8. The van der Waals surface area contributed by atoms with E-state index in [1.165, 1.54) is 36.9 Å². The summed E-state index contributed by atoms with van der Waals surface area (Å²) < 4.78 is 0. The monoisotopic (exact) mass is 300 g/mol. The third-order valence-corrected chi connectivity index (χ3v) is 5.53. The van der Waals surface area contributed by atoms with Crippen molar-refractivity contribution in [3.05, 3.63) is 34.5 Å². The number of quaternary nitrogens is 1. The number of likely N-dealkylation sites (tertiary alicyclic amines) is 1. The molecule has 0 spiro atoms. The normalized spacial score (nSPS) is 22.2. The fraction of sp³-hybridized carbons (Fsp3) is 0.526. The van der Waals surface area contributed by atoms with Gasteiger partial charge in [-0.25, -0.2) is 4.98 Å². The highest BCUT2D eigenvalue weighted by Crippen LogP contribution is 2.29. The van der Waals surface area contributed by atoms with Gasteiger partial charge in [-0.3, -0.25) is 0 Å². The van der Waals surface area contributed by atoms with Gasteiger partial charge >= 0.3 is 0 Å². The van der Waals surface area contributed by atoms with E-state index in [-0.39, 0.29) is 0 Å². The number of benzene rings is 1. The lowest BCUT2D eigenvalue weighted by Gasteiger charge is -2.30. The minimum Gasteiger partial charge on any atom is -0.506 e. The van der Waals surface area contributed by atoms with Gasteiger partial charge in [0.1, 0.15) is 17.9 Å². The van der Waals surface area contributed by atoms with E-state index in [4.69, 9.17) is 0 Å². The van der Waals surface area contributed by atoms with Crippen LogP contribution in [0.15, 0.2) is 12.1 Å². The molecule has 0 aliphatic carbocycles. The topological polar surface area (TPSA) is 38.8 Å². The molecule has 3 heteroatoms. The van der Waals surface area contributed by atoms with Crippen molar-refractivity contribution in [1.82, 2.24) is 0 Å². The van der Waals surface area contributed by atoms with Gasteiger partial charge in [-0.2, -0.15) is 0 Å². The lowest BCUT2D eigenvalue weighted by atomic mass is 9.99. The molecule has 2 aromatic rings. The lowest BCUT2D eigenvalue weighted by Crippen LogP contribution is -3.15. The summed E-state index contributed by atoms with van der Waals surface area (Å²) in [6, 6.07) is 4.82. The maximum Gasteiger partial charge on any atom is 0.217 e. The van der Waals surface area contributed by atoms with Crippen LogP contribution in [0.2, 0.25) is 0 Å². The number of piperidine rings is 1. The van der Waals surface area contributed by atoms with Gasteiger partial charge in [0.2, 0.25) is 5.52 Å². The number of hydrogen-bond acceptors (Lipinski definition) is 1. The first-order valence-electron chi connectivity index (χ1n) is 8.47. The minimum atomic E-state index is 0.472. The van der Waals surface area contributed by atoms with Crippen LogP contribution in [-0.2, 0) is 6.54 Å². The Balaban J connectivity index is 2.05. The molecule has 1 aromatic carbocycles. The number of nitrogens with one attached hydrogen (secondary N) is 2. The zero-order valence-corrected chi connectivity index (χ0v) is 14.2. The molecule has 2 unspecified atom stereocenters. The highest BCUT2D eigenvalue weighted by atomic mass is 16.3. The standard InChI is InChI=1S/C19H26N2O/c1-12-8-9-16-18(14(12)3)20-15(4)17(19(16)22)11-21-10-6-5-7-13(21)2/h8-9,13H,5-7,10-11H2,1-4H3,(H,20,22)/p+2. The molecule has 0 bridgehead atoms. The van der Waals surface area contributed by atoms with Gasteiger partial charge < -0.3 is 10.0 Å². The van der Waals surface area contributed by atoms with Gasteiger partial charge in [-0.05, 0) is 51.7 Å². The number of hydrogen-bond donors (Lipinski definition) is 2. The largest absolute Gasteiger partial charge is 0.506 e. The fourth-order valence-corrected chi connectivity index (χ4v) is 3.74. The number of aromatic amines is 1. The molecule has 3 N–H and O–H groups in total. The number of pyridine rings is 1. The number of fused-ring (bicyclic) bond motifs is 1. The Kier molecular flexibility index (Phi) is 4.09. The van der Waals surface area contributed by atoms with Crippen LogP contribution in [0.1, 0.15) is 48.6 Å². The van der Waals surface area contributed by atoms with Crippen LogP contribution >= 0.6 is 0 Å². The van der Waals surface area contributed by atoms with Crippen LogP contribution in [0.25, 0.3) is 10.9 Å². The van der Waals surface area contributed by atoms with Crippen LogP contribution in [0.4, 0.5) is 0 Å². The second kappa shape index (κ2) is 5.88. The van der Waals surface area contributed by atoms with Crippen molar-refractivity contribution >= 4 is 10.9 Å². The third-order valence-electron chi connectivity index (χ3n) is 5.53. The molecule has 1 aromatic heterocycles. The second-order valence-electron chi connectivity index (χ2n) is 6.99. The van der Waals surface area contributed by atoms with Crippen molar-refractivity contribution in [2.24, 2.45) is 0 Å². The molecule has 0 radical (unpaired) electrons. The Morgan fingerprint density at radius 2 is 2.00 bits per heavy atom. The molecule has 3 nitrogen and oxygen atoms in total. The van der Waals surface area contributed by atoms with Crippen molar-refractivity contribution in [2.45, 2.75) is 59.5 Å². The highest BCUT2D eigenvalue weighted by molar-refractivity contribution is 5.86. The first-order chi connectivity index (χ1) is 10.5. The van der Waals surface area contributed by atoms with Crippen molar-refractivity contribution in [2.75, 3.05) is 6.54 Å². The van der Waals surface area contributed by atoms with Crippen molar-refractivity contribution in [1.29, 1.82) is 0 Å². The molecule has 1 fully saturated rings. The maximum atomic E-state index is 10.8. The molecule has 2 heterocycles. The zero-order valence-electron chi connectivity index (χ0n) is 14.2. The quantitative estimate of drug-likeness (QED) is 0.877. The summed E-state index contributed by atoms with van der Waals surface area (Å²) in [5.74, 6) is 0.472. The molecule has 0 amide bonds. The predicted molar refractivity (Wildman–Crippen MR) is 89.2 cm³/mol. The van der Waals surface area contributed by atoms with Gasteiger partial charge in [-0.15, -0.1) is 0 Å². The van der Waals surface area contributed by atoms with E-state index in [1.54, 1.807) is 4.90 Å². The number of aromatic hydroxyl groups is 1. The van der Waals surface area contributed by atoms with Crippen molar-refractivity contribution in [3.8, 4) is 5.75 Å². The van der Waals surface area contributed by atoms with Crippen LogP contribution < -0.4 is 9.88 Å². The molecule has 1 aliphatic heterocycles. The van der Waals surface area contributed by atoms with Crippen LogP contribution in [0.5, 0.6) is 5.75 Å².